The fourth-order valence-electron chi connectivity index (χ4n) is 0.915. The van der Waals surface area contributed by atoms with E-state index in [1.807, 2.05) is 0 Å². The lowest BCUT2D eigenvalue weighted by atomic mass is 10.3. The van der Waals surface area contributed by atoms with Crippen molar-refractivity contribution in [3.05, 3.63) is 0 Å². The van der Waals surface area contributed by atoms with Crippen molar-refractivity contribution >= 4 is 9.84 Å². The zero-order chi connectivity index (χ0) is 9.78. The largest absolute Gasteiger partial charge is 0.392 e. The van der Waals surface area contributed by atoms with Gasteiger partial charge in [-0.3, -0.25) is 0 Å². The van der Waals surface area contributed by atoms with Gasteiger partial charge in [0.25, 0.3) is 0 Å². The molecule has 74 valence electrons. The quantitative estimate of drug-likeness (QED) is 0.621. The summed E-state index contributed by atoms with van der Waals surface area (Å²) in [5.41, 5.74) is 5.23. The predicted octanol–water partition coefficient (Wildman–Crippen LogP) is -0.481. The highest BCUT2D eigenvalue weighted by Crippen LogP contribution is 2.06. The monoisotopic (exact) mass is 195 g/mol. The Morgan fingerprint density at radius 1 is 1.42 bits per heavy atom. The van der Waals surface area contributed by atoms with Crippen LogP contribution in [0, 0.1) is 0 Å². The van der Waals surface area contributed by atoms with Crippen molar-refractivity contribution in [3.63, 3.8) is 0 Å². The second-order valence-corrected chi connectivity index (χ2v) is 5.53. The Bertz CT molecular complexity index is 211. The van der Waals surface area contributed by atoms with Gasteiger partial charge in [0.15, 0.2) is 9.84 Å². The van der Waals surface area contributed by atoms with Gasteiger partial charge < -0.3 is 10.8 Å². The van der Waals surface area contributed by atoms with Crippen LogP contribution in [-0.2, 0) is 9.84 Å². The minimum absolute atomic E-state index is 0.172. The molecular weight excluding hydrogens is 178 g/mol. The Morgan fingerprint density at radius 2 is 1.92 bits per heavy atom. The fourth-order valence-corrected chi connectivity index (χ4v) is 2.41. The summed E-state index contributed by atoms with van der Waals surface area (Å²) in [6.45, 7) is 3.44. The molecule has 0 rings (SSSR count). The Kier molecular flexibility index (Phi) is 4.74. The van der Waals surface area contributed by atoms with Gasteiger partial charge in [-0.15, -0.1) is 0 Å². The molecular formula is C7H17NO3S. The molecule has 0 aliphatic carbocycles. The van der Waals surface area contributed by atoms with Gasteiger partial charge in [0.2, 0.25) is 0 Å². The number of rotatable bonds is 5. The van der Waals surface area contributed by atoms with E-state index in [9.17, 15) is 8.42 Å². The fraction of sp³-hybridized carbons (Fsp3) is 1.00. The van der Waals surface area contributed by atoms with Crippen LogP contribution in [0.25, 0.3) is 0 Å². The predicted molar refractivity (Wildman–Crippen MR) is 48.6 cm³/mol. The molecule has 0 aliphatic heterocycles. The minimum Gasteiger partial charge on any atom is -0.392 e. The van der Waals surface area contributed by atoms with Crippen LogP contribution in [-0.4, -0.2) is 37.2 Å². The van der Waals surface area contributed by atoms with Crippen molar-refractivity contribution in [3.8, 4) is 0 Å². The van der Waals surface area contributed by atoms with Gasteiger partial charge in [0.05, 0.1) is 17.1 Å². The van der Waals surface area contributed by atoms with E-state index in [4.69, 9.17) is 10.8 Å². The smallest absolute Gasteiger partial charge is 0.155 e. The molecule has 0 bridgehead atoms. The first-order valence-electron chi connectivity index (χ1n) is 4.00. The second kappa shape index (κ2) is 4.79. The van der Waals surface area contributed by atoms with Gasteiger partial charge in [0.1, 0.15) is 0 Å². The molecule has 0 radical (unpaired) electrons. The van der Waals surface area contributed by atoms with Gasteiger partial charge in [0, 0.05) is 0 Å². The highest BCUT2D eigenvalue weighted by molar-refractivity contribution is 7.92. The molecule has 2 atom stereocenters. The topological polar surface area (TPSA) is 80.4 Å². The van der Waals surface area contributed by atoms with Gasteiger partial charge in [-0.2, -0.15) is 0 Å². The second-order valence-electron chi connectivity index (χ2n) is 3.07. The Hall–Kier alpha value is -0.130. The van der Waals surface area contributed by atoms with Crippen LogP contribution in [0.5, 0.6) is 0 Å². The highest BCUT2D eigenvalue weighted by atomic mass is 32.2. The van der Waals surface area contributed by atoms with Crippen molar-refractivity contribution in [2.24, 2.45) is 5.73 Å². The first-order valence-corrected chi connectivity index (χ1v) is 5.71. The summed E-state index contributed by atoms with van der Waals surface area (Å²) >= 11 is 0. The number of sulfone groups is 1. The van der Waals surface area contributed by atoms with Crippen molar-refractivity contribution in [1.82, 2.24) is 0 Å². The molecule has 0 amide bonds. The zero-order valence-corrected chi connectivity index (χ0v) is 8.34. The molecule has 2 unspecified atom stereocenters. The number of nitrogens with two attached hydrogens (primary N) is 1. The first-order chi connectivity index (χ1) is 5.40. The summed E-state index contributed by atoms with van der Waals surface area (Å²) in [5, 5.41) is 8.45. The lowest BCUT2D eigenvalue weighted by molar-refractivity contribution is 0.217. The molecule has 0 saturated heterocycles. The van der Waals surface area contributed by atoms with Crippen LogP contribution in [0.4, 0.5) is 0 Å². The van der Waals surface area contributed by atoms with E-state index in [0.717, 1.165) is 0 Å². The molecule has 0 aromatic rings. The summed E-state index contributed by atoms with van der Waals surface area (Å²) in [4.78, 5) is 0. The summed E-state index contributed by atoms with van der Waals surface area (Å²) in [7, 11) is -3.15. The van der Waals surface area contributed by atoms with Crippen LogP contribution >= 0.6 is 0 Å². The molecule has 0 heterocycles. The molecule has 5 heteroatoms. The maximum absolute atomic E-state index is 11.3. The molecule has 0 saturated carbocycles. The zero-order valence-electron chi connectivity index (χ0n) is 7.53. The van der Waals surface area contributed by atoms with E-state index in [2.05, 4.69) is 0 Å². The van der Waals surface area contributed by atoms with E-state index in [0.29, 0.717) is 13.0 Å². The Morgan fingerprint density at radius 3 is 2.25 bits per heavy atom. The van der Waals surface area contributed by atoms with Crippen LogP contribution in [0.2, 0.25) is 0 Å². The molecule has 0 aliphatic rings. The Balaban J connectivity index is 4.20. The summed E-state index contributed by atoms with van der Waals surface area (Å²) < 4.78 is 22.6. The number of hydrogen-bond donors (Lipinski definition) is 2. The normalized spacial score (nSPS) is 17.3. The summed E-state index contributed by atoms with van der Waals surface area (Å²) in [5.74, 6) is -0.172. The molecule has 0 fully saturated rings. The summed E-state index contributed by atoms with van der Waals surface area (Å²) in [6, 6.07) is 0. The van der Waals surface area contributed by atoms with E-state index in [1.165, 1.54) is 6.92 Å². The number of hydrogen-bond acceptors (Lipinski definition) is 4. The standard InChI is InChI=1S/C7H17NO3S/c1-6(9)5-12(10,11)7(2)3-4-8/h6-7,9H,3-5,8H2,1-2H3. The van der Waals surface area contributed by atoms with E-state index in [-0.39, 0.29) is 5.75 Å². The van der Waals surface area contributed by atoms with Crippen molar-refractivity contribution in [2.45, 2.75) is 31.6 Å². The van der Waals surface area contributed by atoms with Crippen molar-refractivity contribution < 1.29 is 13.5 Å². The van der Waals surface area contributed by atoms with Crippen LogP contribution in [0.3, 0.4) is 0 Å². The first kappa shape index (κ1) is 11.9. The maximum Gasteiger partial charge on any atom is 0.155 e. The van der Waals surface area contributed by atoms with Gasteiger partial charge in [-0.25, -0.2) is 8.42 Å². The number of aliphatic hydroxyl groups excluding tert-OH is 1. The van der Waals surface area contributed by atoms with Crippen molar-refractivity contribution in [2.75, 3.05) is 12.3 Å². The third kappa shape index (κ3) is 4.04. The number of aliphatic hydroxyl groups is 1. The molecule has 3 N–H and O–H groups in total. The van der Waals surface area contributed by atoms with Crippen LogP contribution in [0.15, 0.2) is 0 Å². The summed E-state index contributed by atoms with van der Waals surface area (Å²) in [6.07, 6.45) is -0.343. The molecule has 4 nitrogen and oxygen atoms in total. The maximum atomic E-state index is 11.3. The average molecular weight is 195 g/mol. The van der Waals surface area contributed by atoms with Crippen LogP contribution in [0.1, 0.15) is 20.3 Å². The highest BCUT2D eigenvalue weighted by Gasteiger charge is 2.21. The SMILES string of the molecule is CC(O)CS(=O)(=O)C(C)CCN. The van der Waals surface area contributed by atoms with Gasteiger partial charge in [-0.1, -0.05) is 0 Å². The third-order valence-electron chi connectivity index (χ3n) is 1.66. The Labute approximate surface area is 73.7 Å². The van der Waals surface area contributed by atoms with E-state index in [1.54, 1.807) is 6.92 Å². The van der Waals surface area contributed by atoms with Crippen LogP contribution < -0.4 is 5.73 Å². The van der Waals surface area contributed by atoms with Gasteiger partial charge in [-0.05, 0) is 26.8 Å². The van der Waals surface area contributed by atoms with E-state index >= 15 is 0 Å². The molecule has 0 spiro atoms. The lowest BCUT2D eigenvalue weighted by Gasteiger charge is -2.12. The third-order valence-corrected chi connectivity index (χ3v) is 4.07. The van der Waals surface area contributed by atoms with Gasteiger partial charge >= 0.3 is 0 Å². The molecule has 0 aromatic heterocycles. The van der Waals surface area contributed by atoms with E-state index < -0.39 is 21.2 Å². The average Bonchev–Trinajstić information content (AvgIpc) is 1.85. The molecule has 0 aromatic carbocycles. The van der Waals surface area contributed by atoms with Crippen molar-refractivity contribution in [1.29, 1.82) is 0 Å². The minimum atomic E-state index is -3.15. The molecule has 12 heavy (non-hydrogen) atoms. The lowest BCUT2D eigenvalue weighted by Crippen LogP contribution is -2.28.